The summed E-state index contributed by atoms with van der Waals surface area (Å²) in [6, 6.07) is 0. The molecule has 78 valence electrons. The second-order valence-electron chi connectivity index (χ2n) is 4.02. The van der Waals surface area contributed by atoms with E-state index < -0.39 is 30.5 Å². The van der Waals surface area contributed by atoms with Crippen LogP contribution in [0.3, 0.4) is 0 Å². The third kappa shape index (κ3) is 2.02. The molecule has 4 nitrogen and oxygen atoms in total. The van der Waals surface area contributed by atoms with Crippen LogP contribution in [0, 0.1) is 5.92 Å². The van der Waals surface area contributed by atoms with E-state index >= 15 is 0 Å². The molecule has 1 saturated heterocycles. The first-order valence-electron chi connectivity index (χ1n) is 4.64. The molecule has 0 amide bonds. The fourth-order valence-corrected chi connectivity index (χ4v) is 1.63. The van der Waals surface area contributed by atoms with Gasteiger partial charge in [-0.1, -0.05) is 13.8 Å². The van der Waals surface area contributed by atoms with Crippen LogP contribution in [0.5, 0.6) is 0 Å². The minimum atomic E-state index is -1.10. The first-order valence-corrected chi connectivity index (χ1v) is 4.64. The molecule has 1 fully saturated rings. The molecule has 0 spiro atoms. The number of aliphatic hydroxyl groups excluding tert-OH is 3. The van der Waals surface area contributed by atoms with Crippen molar-refractivity contribution in [3.63, 3.8) is 0 Å². The summed E-state index contributed by atoms with van der Waals surface area (Å²) in [5.74, 6) is 0.125. The highest BCUT2D eigenvalue weighted by molar-refractivity contribution is 4.91. The molecule has 1 rings (SSSR count). The molecular formula is C9H18O4. The van der Waals surface area contributed by atoms with Gasteiger partial charge in [-0.25, -0.2) is 0 Å². The first-order chi connectivity index (χ1) is 5.95. The summed E-state index contributed by atoms with van der Waals surface area (Å²) < 4.78 is 5.38. The Hall–Kier alpha value is -0.160. The van der Waals surface area contributed by atoms with E-state index in [-0.39, 0.29) is 5.92 Å². The maximum atomic E-state index is 9.56. The van der Waals surface area contributed by atoms with Gasteiger partial charge < -0.3 is 20.1 Å². The molecule has 1 heterocycles. The summed E-state index contributed by atoms with van der Waals surface area (Å²) in [7, 11) is 0. The van der Waals surface area contributed by atoms with Crippen molar-refractivity contribution in [2.45, 2.75) is 51.3 Å². The van der Waals surface area contributed by atoms with Crippen molar-refractivity contribution in [1.82, 2.24) is 0 Å². The van der Waals surface area contributed by atoms with Crippen LogP contribution in [0.15, 0.2) is 0 Å². The normalized spacial score (nSPS) is 46.8. The van der Waals surface area contributed by atoms with Gasteiger partial charge >= 0.3 is 0 Å². The van der Waals surface area contributed by atoms with E-state index in [1.807, 2.05) is 13.8 Å². The standard InChI is InChI=1S/C9H18O4/c1-4(2)9-8(12)7(11)6(10)5(3)13-9/h4-12H,1-3H3/t5?,6-,7?,8+,9-/m0/s1. The molecular weight excluding hydrogens is 172 g/mol. The Bertz CT molecular complexity index is 171. The highest BCUT2D eigenvalue weighted by Crippen LogP contribution is 2.25. The van der Waals surface area contributed by atoms with Gasteiger partial charge in [0, 0.05) is 0 Å². The van der Waals surface area contributed by atoms with Crippen molar-refractivity contribution < 1.29 is 20.1 Å². The zero-order chi connectivity index (χ0) is 10.2. The van der Waals surface area contributed by atoms with Crippen molar-refractivity contribution in [2.24, 2.45) is 5.92 Å². The lowest BCUT2D eigenvalue weighted by Gasteiger charge is -2.41. The lowest BCUT2D eigenvalue weighted by Crippen LogP contribution is -2.57. The van der Waals surface area contributed by atoms with Gasteiger partial charge in [-0.05, 0) is 12.8 Å². The van der Waals surface area contributed by atoms with Gasteiger partial charge in [-0.15, -0.1) is 0 Å². The Morgan fingerprint density at radius 1 is 1.00 bits per heavy atom. The molecule has 13 heavy (non-hydrogen) atoms. The van der Waals surface area contributed by atoms with E-state index in [4.69, 9.17) is 4.74 Å². The summed E-state index contributed by atoms with van der Waals surface area (Å²) in [6.45, 7) is 5.51. The number of hydrogen-bond acceptors (Lipinski definition) is 4. The summed E-state index contributed by atoms with van der Waals surface area (Å²) >= 11 is 0. The van der Waals surface area contributed by atoms with E-state index in [0.29, 0.717) is 0 Å². The van der Waals surface area contributed by atoms with Gasteiger partial charge in [-0.3, -0.25) is 0 Å². The van der Waals surface area contributed by atoms with Gasteiger partial charge in [0.25, 0.3) is 0 Å². The molecule has 0 aromatic heterocycles. The highest BCUT2D eigenvalue weighted by Gasteiger charge is 2.42. The lowest BCUT2D eigenvalue weighted by molar-refractivity contribution is -0.226. The number of ether oxygens (including phenoxy) is 1. The molecule has 1 aliphatic rings. The van der Waals surface area contributed by atoms with Crippen LogP contribution in [-0.2, 0) is 4.74 Å². The van der Waals surface area contributed by atoms with Crippen LogP contribution in [-0.4, -0.2) is 45.8 Å². The van der Waals surface area contributed by atoms with Crippen LogP contribution in [0.2, 0.25) is 0 Å². The Morgan fingerprint density at radius 2 is 1.54 bits per heavy atom. The van der Waals surface area contributed by atoms with Crippen LogP contribution >= 0.6 is 0 Å². The predicted octanol–water partition coefficient (Wildman–Crippen LogP) is -0.488. The monoisotopic (exact) mass is 190 g/mol. The number of hydrogen-bond donors (Lipinski definition) is 3. The van der Waals surface area contributed by atoms with Crippen molar-refractivity contribution in [3.05, 3.63) is 0 Å². The molecule has 0 aromatic carbocycles. The minimum Gasteiger partial charge on any atom is -0.388 e. The second kappa shape index (κ2) is 3.92. The van der Waals surface area contributed by atoms with Crippen molar-refractivity contribution >= 4 is 0 Å². The van der Waals surface area contributed by atoms with Gasteiger partial charge in [-0.2, -0.15) is 0 Å². The zero-order valence-corrected chi connectivity index (χ0v) is 8.21. The summed E-state index contributed by atoms with van der Waals surface area (Å²) in [6.07, 6.45) is -3.91. The molecule has 5 atom stereocenters. The summed E-state index contributed by atoms with van der Waals surface area (Å²) in [5.41, 5.74) is 0. The van der Waals surface area contributed by atoms with E-state index in [1.165, 1.54) is 0 Å². The van der Waals surface area contributed by atoms with Crippen LogP contribution in [0.4, 0.5) is 0 Å². The predicted molar refractivity (Wildman–Crippen MR) is 47.2 cm³/mol. The SMILES string of the molecule is CC1O[C@@H](C(C)C)[C@H](O)C(O)[C@H]1O. The molecule has 0 aromatic rings. The molecule has 4 heteroatoms. The largest absolute Gasteiger partial charge is 0.388 e. The molecule has 3 N–H and O–H groups in total. The van der Waals surface area contributed by atoms with Gasteiger partial charge in [0.1, 0.15) is 18.3 Å². The molecule has 0 radical (unpaired) electrons. The van der Waals surface area contributed by atoms with Crippen LogP contribution in [0.1, 0.15) is 20.8 Å². The van der Waals surface area contributed by atoms with Gasteiger partial charge in [0.2, 0.25) is 0 Å². The minimum absolute atomic E-state index is 0.125. The average molecular weight is 190 g/mol. The van der Waals surface area contributed by atoms with Crippen molar-refractivity contribution in [2.75, 3.05) is 0 Å². The van der Waals surface area contributed by atoms with Crippen molar-refractivity contribution in [3.8, 4) is 0 Å². The van der Waals surface area contributed by atoms with E-state index in [2.05, 4.69) is 0 Å². The summed E-state index contributed by atoms with van der Waals surface area (Å²) in [5, 5.41) is 28.4. The van der Waals surface area contributed by atoms with E-state index in [0.717, 1.165) is 0 Å². The Kier molecular flexibility index (Phi) is 3.29. The topological polar surface area (TPSA) is 69.9 Å². The second-order valence-corrected chi connectivity index (χ2v) is 4.02. The third-order valence-electron chi connectivity index (χ3n) is 2.55. The van der Waals surface area contributed by atoms with E-state index in [1.54, 1.807) is 6.92 Å². The molecule has 2 unspecified atom stereocenters. The Labute approximate surface area is 78.1 Å². The quantitative estimate of drug-likeness (QED) is 0.522. The lowest BCUT2D eigenvalue weighted by atomic mass is 9.90. The van der Waals surface area contributed by atoms with Gasteiger partial charge in [0.05, 0.1) is 12.2 Å². The smallest absolute Gasteiger partial charge is 0.111 e. The Balaban J connectivity index is 2.70. The van der Waals surface area contributed by atoms with Crippen LogP contribution in [0.25, 0.3) is 0 Å². The fraction of sp³-hybridized carbons (Fsp3) is 1.00. The highest BCUT2D eigenvalue weighted by atomic mass is 16.5. The number of rotatable bonds is 1. The fourth-order valence-electron chi connectivity index (χ4n) is 1.63. The summed E-state index contributed by atoms with van der Waals surface area (Å²) in [4.78, 5) is 0. The Morgan fingerprint density at radius 3 is 2.00 bits per heavy atom. The first kappa shape index (κ1) is 10.9. The maximum Gasteiger partial charge on any atom is 0.111 e. The van der Waals surface area contributed by atoms with Crippen LogP contribution < -0.4 is 0 Å². The zero-order valence-electron chi connectivity index (χ0n) is 8.21. The average Bonchev–Trinajstić information content (AvgIpc) is 2.07. The molecule has 0 bridgehead atoms. The number of aliphatic hydroxyl groups is 3. The van der Waals surface area contributed by atoms with Gasteiger partial charge in [0.15, 0.2) is 0 Å². The molecule has 0 aliphatic carbocycles. The third-order valence-corrected chi connectivity index (χ3v) is 2.55. The van der Waals surface area contributed by atoms with E-state index in [9.17, 15) is 15.3 Å². The maximum absolute atomic E-state index is 9.56. The van der Waals surface area contributed by atoms with Crippen molar-refractivity contribution in [1.29, 1.82) is 0 Å². The molecule has 0 saturated carbocycles. The molecule has 1 aliphatic heterocycles.